The number of esters is 1. The van der Waals surface area contributed by atoms with Gasteiger partial charge in [0.2, 0.25) is 0 Å². The van der Waals surface area contributed by atoms with Gasteiger partial charge in [0.15, 0.2) is 6.29 Å². The van der Waals surface area contributed by atoms with Gasteiger partial charge in [0.1, 0.15) is 37.1 Å². The van der Waals surface area contributed by atoms with Gasteiger partial charge in [0.05, 0.1) is 13.2 Å². The molecule has 202 valence electrons. The Bertz CT molecular complexity index is 503. The van der Waals surface area contributed by atoms with E-state index < -0.39 is 43.4 Å². The van der Waals surface area contributed by atoms with E-state index in [1.807, 2.05) is 0 Å². The molecule has 1 saturated heterocycles. The molecule has 9 heteroatoms. The Morgan fingerprint density at radius 1 is 0.794 bits per heavy atom. The third kappa shape index (κ3) is 13.3. The number of unbranched alkanes of at least 4 members (excludes halogenated alkanes) is 12. The molecule has 6 atom stereocenters. The zero-order chi connectivity index (χ0) is 25.2. The summed E-state index contributed by atoms with van der Waals surface area (Å²) in [6.07, 6.45) is 8.18. The molecule has 0 spiro atoms. The fraction of sp³-hybridized carbons (Fsp3) is 0.960. The third-order valence-electron chi connectivity index (χ3n) is 6.22. The number of hydrogen-bond donors (Lipinski definition) is 5. The molecule has 0 aromatic rings. The average molecular weight is 493 g/mol. The molecule has 1 fully saturated rings. The summed E-state index contributed by atoms with van der Waals surface area (Å²) < 4.78 is 15.5. The molecule has 0 amide bonds. The highest BCUT2D eigenvalue weighted by Gasteiger charge is 2.44. The largest absolute Gasteiger partial charge is 0.463 e. The van der Waals surface area contributed by atoms with Crippen molar-refractivity contribution in [1.82, 2.24) is 0 Å². The van der Waals surface area contributed by atoms with Gasteiger partial charge in [-0.25, -0.2) is 0 Å². The van der Waals surface area contributed by atoms with Crippen molar-refractivity contribution in [3.8, 4) is 0 Å². The van der Waals surface area contributed by atoms with Gasteiger partial charge in [-0.2, -0.15) is 0 Å². The minimum absolute atomic E-state index is 0.255. The van der Waals surface area contributed by atoms with Crippen LogP contribution in [0.4, 0.5) is 0 Å². The number of aliphatic hydroxyl groups excluding tert-OH is 5. The zero-order valence-electron chi connectivity index (χ0n) is 20.9. The Morgan fingerprint density at radius 3 is 1.85 bits per heavy atom. The lowest BCUT2D eigenvalue weighted by molar-refractivity contribution is -0.305. The second-order valence-corrected chi connectivity index (χ2v) is 9.36. The number of carbonyl (C=O) groups excluding carboxylic acids is 1. The van der Waals surface area contributed by atoms with Crippen LogP contribution in [0.3, 0.4) is 0 Å². The van der Waals surface area contributed by atoms with Crippen LogP contribution in [0.15, 0.2) is 0 Å². The Balaban J connectivity index is 1.99. The van der Waals surface area contributed by atoms with Crippen molar-refractivity contribution >= 4 is 5.97 Å². The van der Waals surface area contributed by atoms with E-state index in [4.69, 9.17) is 19.3 Å². The van der Waals surface area contributed by atoms with E-state index in [1.54, 1.807) is 0 Å². The average Bonchev–Trinajstić information content (AvgIpc) is 2.83. The highest BCUT2D eigenvalue weighted by molar-refractivity contribution is 5.69. The SMILES string of the molecule is CCCCCCCCCCCCCCCC(=O)OC[C@@H](O)CO[C@@H]1O[C@H](CO)[C@H](O)[C@H](O)[C@H]1O. The highest BCUT2D eigenvalue weighted by Crippen LogP contribution is 2.22. The number of ether oxygens (including phenoxy) is 3. The molecular formula is C25H48O9. The van der Waals surface area contributed by atoms with E-state index in [2.05, 4.69) is 6.92 Å². The van der Waals surface area contributed by atoms with E-state index >= 15 is 0 Å². The predicted molar refractivity (Wildman–Crippen MR) is 127 cm³/mol. The van der Waals surface area contributed by atoms with Crippen molar-refractivity contribution in [3.63, 3.8) is 0 Å². The fourth-order valence-corrected chi connectivity index (χ4v) is 4.01. The highest BCUT2D eigenvalue weighted by atomic mass is 16.7. The topological polar surface area (TPSA) is 146 Å². The summed E-state index contributed by atoms with van der Waals surface area (Å²) in [6.45, 7) is 1.11. The van der Waals surface area contributed by atoms with Crippen molar-refractivity contribution < 1.29 is 44.5 Å². The van der Waals surface area contributed by atoms with Gasteiger partial charge in [0.25, 0.3) is 0 Å². The van der Waals surface area contributed by atoms with Gasteiger partial charge in [-0.15, -0.1) is 0 Å². The van der Waals surface area contributed by atoms with E-state index in [9.17, 15) is 25.2 Å². The molecule has 1 aliphatic rings. The molecule has 0 aromatic carbocycles. The van der Waals surface area contributed by atoms with E-state index in [0.29, 0.717) is 6.42 Å². The van der Waals surface area contributed by atoms with Crippen LogP contribution in [0, 0.1) is 0 Å². The lowest BCUT2D eigenvalue weighted by Gasteiger charge is -2.39. The van der Waals surface area contributed by atoms with Gasteiger partial charge in [0, 0.05) is 6.42 Å². The normalized spacial score (nSPS) is 25.9. The molecule has 1 rings (SSSR count). The molecule has 0 bridgehead atoms. The maximum atomic E-state index is 11.8. The summed E-state index contributed by atoms with van der Waals surface area (Å²) >= 11 is 0. The van der Waals surface area contributed by atoms with Crippen LogP contribution in [0.5, 0.6) is 0 Å². The van der Waals surface area contributed by atoms with Gasteiger partial charge in [-0.1, -0.05) is 84.0 Å². The van der Waals surface area contributed by atoms with Gasteiger partial charge in [-0.3, -0.25) is 4.79 Å². The first-order chi connectivity index (χ1) is 16.4. The summed E-state index contributed by atoms with van der Waals surface area (Å²) in [7, 11) is 0. The Morgan fingerprint density at radius 2 is 1.32 bits per heavy atom. The first-order valence-corrected chi connectivity index (χ1v) is 13.2. The maximum Gasteiger partial charge on any atom is 0.305 e. The number of aliphatic hydroxyl groups is 5. The lowest BCUT2D eigenvalue weighted by Crippen LogP contribution is -2.59. The molecule has 0 saturated carbocycles. The monoisotopic (exact) mass is 492 g/mol. The lowest BCUT2D eigenvalue weighted by atomic mass is 9.99. The minimum Gasteiger partial charge on any atom is -0.463 e. The second-order valence-electron chi connectivity index (χ2n) is 9.36. The van der Waals surface area contributed by atoms with E-state index in [-0.39, 0.29) is 19.2 Å². The summed E-state index contributed by atoms with van der Waals surface area (Å²) in [5, 5.41) is 48.4. The molecule has 9 nitrogen and oxygen atoms in total. The first-order valence-electron chi connectivity index (χ1n) is 13.2. The first kappa shape index (κ1) is 31.2. The Kier molecular flexibility index (Phi) is 17.8. The predicted octanol–water partition coefficient (Wildman–Crippen LogP) is 2.19. The van der Waals surface area contributed by atoms with Crippen molar-refractivity contribution in [2.24, 2.45) is 0 Å². The van der Waals surface area contributed by atoms with Crippen LogP contribution < -0.4 is 0 Å². The summed E-state index contributed by atoms with van der Waals surface area (Å²) in [6, 6.07) is 0. The molecule has 5 N–H and O–H groups in total. The smallest absolute Gasteiger partial charge is 0.305 e. The molecular weight excluding hydrogens is 444 g/mol. The standard InChI is InChI=1S/C25H48O9/c1-2-3-4-5-6-7-8-9-10-11-12-13-14-15-21(28)32-17-19(27)18-33-25-24(31)23(30)22(29)20(16-26)34-25/h19-20,22-27,29-31H,2-18H2,1H3/t19-,20-,22+,23+,24-,25-/m1/s1. The molecule has 34 heavy (non-hydrogen) atoms. The molecule has 0 aliphatic carbocycles. The van der Waals surface area contributed by atoms with Crippen LogP contribution in [-0.2, 0) is 19.0 Å². The summed E-state index contributed by atoms with van der Waals surface area (Å²) in [5.41, 5.74) is 0. The Labute approximate surface area is 204 Å². The number of hydrogen-bond acceptors (Lipinski definition) is 9. The van der Waals surface area contributed by atoms with Crippen LogP contribution in [0.1, 0.15) is 96.8 Å². The van der Waals surface area contributed by atoms with Crippen LogP contribution in [-0.4, -0.2) is 88.1 Å². The maximum absolute atomic E-state index is 11.8. The van der Waals surface area contributed by atoms with Crippen molar-refractivity contribution in [1.29, 1.82) is 0 Å². The van der Waals surface area contributed by atoms with E-state index in [1.165, 1.54) is 64.2 Å². The quantitative estimate of drug-likeness (QED) is 0.127. The molecule has 0 aromatic heterocycles. The second kappa shape index (κ2) is 19.4. The van der Waals surface area contributed by atoms with Crippen LogP contribution >= 0.6 is 0 Å². The molecule has 1 heterocycles. The van der Waals surface area contributed by atoms with Crippen molar-refractivity contribution in [2.75, 3.05) is 19.8 Å². The summed E-state index contributed by atoms with van der Waals surface area (Å²) in [5.74, 6) is -0.380. The van der Waals surface area contributed by atoms with Gasteiger partial charge in [-0.05, 0) is 6.42 Å². The number of rotatable bonds is 20. The van der Waals surface area contributed by atoms with E-state index in [0.717, 1.165) is 19.3 Å². The summed E-state index contributed by atoms with van der Waals surface area (Å²) in [4.78, 5) is 11.8. The van der Waals surface area contributed by atoms with Crippen LogP contribution in [0.2, 0.25) is 0 Å². The molecule has 1 aliphatic heterocycles. The van der Waals surface area contributed by atoms with Gasteiger partial charge >= 0.3 is 5.97 Å². The fourth-order valence-electron chi connectivity index (χ4n) is 4.01. The molecule has 0 radical (unpaired) electrons. The zero-order valence-corrected chi connectivity index (χ0v) is 20.9. The van der Waals surface area contributed by atoms with Crippen molar-refractivity contribution in [3.05, 3.63) is 0 Å². The van der Waals surface area contributed by atoms with Crippen molar-refractivity contribution in [2.45, 2.75) is 134 Å². The third-order valence-corrected chi connectivity index (χ3v) is 6.22. The Hall–Kier alpha value is -0.810. The minimum atomic E-state index is -1.55. The van der Waals surface area contributed by atoms with Crippen LogP contribution in [0.25, 0.3) is 0 Å². The molecule has 0 unspecified atom stereocenters. The van der Waals surface area contributed by atoms with Gasteiger partial charge < -0.3 is 39.7 Å². The number of carbonyl (C=O) groups is 1.